The van der Waals surface area contributed by atoms with Crippen LogP contribution in [0.5, 0.6) is 0 Å². The highest BCUT2D eigenvalue weighted by Crippen LogP contribution is 2.32. The van der Waals surface area contributed by atoms with Crippen molar-refractivity contribution in [2.24, 2.45) is 0 Å². The molecular weight excluding hydrogens is 396 g/mol. The van der Waals surface area contributed by atoms with Crippen molar-refractivity contribution in [3.63, 3.8) is 0 Å². The number of benzene rings is 3. The summed E-state index contributed by atoms with van der Waals surface area (Å²) < 4.78 is 33.5. The molecule has 0 radical (unpaired) electrons. The van der Waals surface area contributed by atoms with Crippen molar-refractivity contribution in [2.75, 3.05) is 0 Å². The van der Waals surface area contributed by atoms with Gasteiger partial charge in [-0.25, -0.2) is 17.4 Å². The number of rotatable bonds is 5. The number of hydrogen-bond donors (Lipinski definition) is 0. The molecule has 148 valence electrons. The van der Waals surface area contributed by atoms with Crippen molar-refractivity contribution in [3.8, 4) is 11.3 Å². The molecule has 0 bridgehead atoms. The van der Waals surface area contributed by atoms with E-state index in [2.05, 4.69) is 4.98 Å². The maximum Gasteiger partial charge on any atom is 0.268 e. The lowest BCUT2D eigenvalue weighted by molar-refractivity contribution is 0.507. The summed E-state index contributed by atoms with van der Waals surface area (Å²) in [5.41, 5.74) is 3.02. The fourth-order valence-electron chi connectivity index (χ4n) is 3.55. The van der Waals surface area contributed by atoms with Gasteiger partial charge in [-0.15, -0.1) is 0 Å². The summed E-state index contributed by atoms with van der Waals surface area (Å²) in [6.07, 6.45) is 3.78. The van der Waals surface area contributed by atoms with E-state index in [0.717, 1.165) is 10.9 Å². The zero-order valence-corrected chi connectivity index (χ0v) is 16.8. The van der Waals surface area contributed by atoms with Gasteiger partial charge in [0.1, 0.15) is 12.0 Å². The first kappa shape index (κ1) is 18.4. The van der Waals surface area contributed by atoms with Gasteiger partial charge in [0, 0.05) is 23.6 Å². The molecule has 2 heterocycles. The van der Waals surface area contributed by atoms with Crippen LogP contribution in [0.4, 0.5) is 0 Å². The minimum Gasteiger partial charge on any atom is -0.448 e. The maximum absolute atomic E-state index is 13.3. The van der Waals surface area contributed by atoms with Crippen molar-refractivity contribution >= 4 is 20.9 Å². The van der Waals surface area contributed by atoms with Crippen molar-refractivity contribution in [1.82, 2.24) is 8.96 Å². The molecule has 0 aliphatic carbocycles. The van der Waals surface area contributed by atoms with Crippen molar-refractivity contribution < 1.29 is 12.8 Å². The van der Waals surface area contributed by atoms with Crippen molar-refractivity contribution in [3.05, 3.63) is 109 Å². The van der Waals surface area contributed by atoms with Crippen LogP contribution in [0.2, 0.25) is 0 Å². The Morgan fingerprint density at radius 3 is 2.27 bits per heavy atom. The third-order valence-corrected chi connectivity index (χ3v) is 6.69. The summed E-state index contributed by atoms with van der Waals surface area (Å²) in [4.78, 5) is 4.86. The number of para-hydroxylation sites is 1. The zero-order valence-electron chi connectivity index (χ0n) is 16.0. The first-order chi connectivity index (χ1) is 14.6. The number of fused-ring (bicyclic) bond motifs is 1. The summed E-state index contributed by atoms with van der Waals surface area (Å²) in [5, 5.41) is 0.802. The normalized spacial score (nSPS) is 11.7. The molecule has 6 heteroatoms. The Kier molecular flexibility index (Phi) is 4.48. The van der Waals surface area contributed by atoms with E-state index in [1.807, 2.05) is 48.5 Å². The number of aromatic nitrogens is 2. The minimum atomic E-state index is -3.74. The lowest BCUT2D eigenvalue weighted by Gasteiger charge is -2.07. The van der Waals surface area contributed by atoms with E-state index < -0.39 is 10.0 Å². The first-order valence-corrected chi connectivity index (χ1v) is 11.0. The molecule has 0 unspecified atom stereocenters. The summed E-state index contributed by atoms with van der Waals surface area (Å²) in [6.45, 7) is 0. The summed E-state index contributed by atoms with van der Waals surface area (Å²) >= 11 is 0. The molecule has 2 aromatic heterocycles. The van der Waals surface area contributed by atoms with Crippen LogP contribution in [0.15, 0.2) is 107 Å². The number of oxazole rings is 1. The van der Waals surface area contributed by atoms with Crippen LogP contribution in [-0.4, -0.2) is 17.4 Å². The van der Waals surface area contributed by atoms with Crippen molar-refractivity contribution in [1.29, 1.82) is 0 Å². The van der Waals surface area contributed by atoms with Gasteiger partial charge in [0.2, 0.25) is 0 Å². The summed E-state index contributed by atoms with van der Waals surface area (Å²) in [7, 11) is -3.74. The monoisotopic (exact) mass is 414 g/mol. The zero-order chi connectivity index (χ0) is 20.6. The van der Waals surface area contributed by atoms with E-state index in [-0.39, 0.29) is 4.90 Å². The van der Waals surface area contributed by atoms with Crippen molar-refractivity contribution in [2.45, 2.75) is 11.3 Å². The fourth-order valence-corrected chi connectivity index (χ4v) is 4.94. The second-order valence-electron chi connectivity index (χ2n) is 6.96. The van der Waals surface area contributed by atoms with Gasteiger partial charge in [0.15, 0.2) is 5.89 Å². The highest BCUT2D eigenvalue weighted by atomic mass is 32.2. The number of nitrogens with zero attached hydrogens (tertiary/aromatic N) is 2. The molecule has 5 aromatic rings. The third-order valence-electron chi connectivity index (χ3n) is 5.00. The van der Waals surface area contributed by atoms with Crippen LogP contribution in [0.3, 0.4) is 0 Å². The van der Waals surface area contributed by atoms with Crippen LogP contribution >= 0.6 is 0 Å². The van der Waals surface area contributed by atoms with Gasteiger partial charge in [-0.05, 0) is 23.8 Å². The quantitative estimate of drug-likeness (QED) is 0.400. The first-order valence-electron chi connectivity index (χ1n) is 9.52. The molecule has 0 aliphatic rings. The summed E-state index contributed by atoms with van der Waals surface area (Å²) in [5.74, 6) is 0.582. The van der Waals surface area contributed by atoms with Crippen LogP contribution in [0.25, 0.3) is 22.2 Å². The Morgan fingerprint density at radius 2 is 1.50 bits per heavy atom. The smallest absolute Gasteiger partial charge is 0.268 e. The molecule has 0 N–H and O–H groups in total. The largest absolute Gasteiger partial charge is 0.448 e. The molecule has 3 aromatic carbocycles. The van der Waals surface area contributed by atoms with E-state index >= 15 is 0 Å². The van der Waals surface area contributed by atoms with Gasteiger partial charge in [0.05, 0.1) is 10.4 Å². The second kappa shape index (κ2) is 7.31. The average molecular weight is 414 g/mol. The van der Waals surface area contributed by atoms with Crippen LogP contribution in [0.1, 0.15) is 11.5 Å². The molecule has 0 spiro atoms. The molecule has 0 atom stereocenters. The topological polar surface area (TPSA) is 65.1 Å². The predicted molar refractivity (Wildman–Crippen MR) is 116 cm³/mol. The van der Waals surface area contributed by atoms with Gasteiger partial charge in [-0.1, -0.05) is 66.7 Å². The van der Waals surface area contributed by atoms with E-state index in [1.165, 1.54) is 3.97 Å². The van der Waals surface area contributed by atoms with Gasteiger partial charge in [0.25, 0.3) is 10.0 Å². The highest BCUT2D eigenvalue weighted by molar-refractivity contribution is 7.90. The Hall–Kier alpha value is -3.64. The Morgan fingerprint density at radius 1 is 0.833 bits per heavy atom. The van der Waals surface area contributed by atoms with E-state index in [0.29, 0.717) is 29.1 Å². The fraction of sp³-hybridized carbons (Fsp3) is 0.0417. The molecule has 5 nitrogen and oxygen atoms in total. The van der Waals surface area contributed by atoms with Gasteiger partial charge in [-0.2, -0.15) is 0 Å². The summed E-state index contributed by atoms with van der Waals surface area (Å²) in [6, 6.07) is 25.8. The molecular formula is C24H18N2O3S. The van der Waals surface area contributed by atoms with E-state index in [1.54, 1.807) is 48.9 Å². The lowest BCUT2D eigenvalue weighted by atomic mass is 10.1. The molecule has 30 heavy (non-hydrogen) atoms. The SMILES string of the molecule is O=S(=O)(c1ccccc1)n1cc(-c2coc(Cc3ccccc3)n2)c2ccccc21. The second-order valence-corrected chi connectivity index (χ2v) is 8.78. The minimum absolute atomic E-state index is 0.238. The Labute approximate surface area is 174 Å². The van der Waals surface area contributed by atoms with E-state index in [4.69, 9.17) is 4.42 Å². The predicted octanol–water partition coefficient (Wildman–Crippen LogP) is 5.12. The molecule has 0 saturated heterocycles. The third kappa shape index (κ3) is 3.21. The van der Waals surface area contributed by atoms with Crippen LogP contribution in [0, 0.1) is 0 Å². The van der Waals surface area contributed by atoms with Gasteiger partial charge < -0.3 is 4.42 Å². The molecule has 0 fully saturated rings. The maximum atomic E-state index is 13.3. The molecule has 0 saturated carbocycles. The van der Waals surface area contributed by atoms with Gasteiger partial charge in [-0.3, -0.25) is 0 Å². The van der Waals surface area contributed by atoms with Gasteiger partial charge >= 0.3 is 0 Å². The lowest BCUT2D eigenvalue weighted by Crippen LogP contribution is -2.11. The molecule has 0 amide bonds. The van der Waals surface area contributed by atoms with Crippen LogP contribution < -0.4 is 0 Å². The number of hydrogen-bond acceptors (Lipinski definition) is 4. The molecule has 5 rings (SSSR count). The standard InChI is InChI=1S/C24H18N2O3S/c27-30(28,19-11-5-2-6-12-19)26-16-21(20-13-7-8-14-23(20)26)22-17-29-24(25-22)15-18-9-3-1-4-10-18/h1-14,16-17H,15H2. The van der Waals surface area contributed by atoms with E-state index in [9.17, 15) is 8.42 Å². The van der Waals surface area contributed by atoms with Crippen LogP contribution in [-0.2, 0) is 16.4 Å². The Balaban J connectivity index is 1.60. The molecule has 0 aliphatic heterocycles. The Bertz CT molecular complexity index is 1420. The average Bonchev–Trinajstić information content (AvgIpc) is 3.40. The highest BCUT2D eigenvalue weighted by Gasteiger charge is 2.22.